The van der Waals surface area contributed by atoms with Gasteiger partial charge in [0.05, 0.1) is 18.8 Å². The molecule has 0 atom stereocenters. The Morgan fingerprint density at radius 3 is 2.67 bits per heavy atom. The fraction of sp³-hybridized carbons (Fsp3) is 0.316. The standard InChI is InChI=1S/C19H22N2O3/c1-13-12-14(21-19(22)16-4-2-3-5-17(16)20)6-7-18(13)24-15-8-10-23-11-9-15/h2-7,12,15H,8-11,20H2,1H3,(H,21,22). The summed E-state index contributed by atoms with van der Waals surface area (Å²) >= 11 is 0. The smallest absolute Gasteiger partial charge is 0.257 e. The van der Waals surface area contributed by atoms with Crippen molar-refractivity contribution in [2.24, 2.45) is 0 Å². The van der Waals surface area contributed by atoms with Gasteiger partial charge >= 0.3 is 0 Å². The Bertz CT molecular complexity index is 724. The SMILES string of the molecule is Cc1cc(NC(=O)c2ccccc2N)ccc1OC1CCOCC1. The molecule has 0 spiro atoms. The lowest BCUT2D eigenvalue weighted by Gasteiger charge is -2.24. The molecule has 5 nitrogen and oxygen atoms in total. The highest BCUT2D eigenvalue weighted by Gasteiger charge is 2.16. The zero-order valence-electron chi connectivity index (χ0n) is 13.7. The largest absolute Gasteiger partial charge is 0.490 e. The van der Waals surface area contributed by atoms with Gasteiger partial charge in [0.2, 0.25) is 0 Å². The van der Waals surface area contributed by atoms with Crippen molar-refractivity contribution >= 4 is 17.3 Å². The molecular formula is C19H22N2O3. The molecule has 3 rings (SSSR count). The summed E-state index contributed by atoms with van der Waals surface area (Å²) in [5.41, 5.74) is 8.49. The Hall–Kier alpha value is -2.53. The van der Waals surface area contributed by atoms with Gasteiger partial charge in [-0.3, -0.25) is 4.79 Å². The van der Waals surface area contributed by atoms with Crippen molar-refractivity contribution in [1.82, 2.24) is 0 Å². The van der Waals surface area contributed by atoms with Crippen molar-refractivity contribution in [2.75, 3.05) is 24.3 Å². The van der Waals surface area contributed by atoms with Crippen LogP contribution in [0.3, 0.4) is 0 Å². The number of nitrogen functional groups attached to an aromatic ring is 1. The average molecular weight is 326 g/mol. The van der Waals surface area contributed by atoms with Gasteiger partial charge < -0.3 is 20.5 Å². The molecular weight excluding hydrogens is 304 g/mol. The fourth-order valence-electron chi connectivity index (χ4n) is 2.73. The Balaban J connectivity index is 1.68. The summed E-state index contributed by atoms with van der Waals surface area (Å²) in [6.45, 7) is 3.47. The quantitative estimate of drug-likeness (QED) is 0.845. The van der Waals surface area contributed by atoms with E-state index in [4.69, 9.17) is 15.2 Å². The van der Waals surface area contributed by atoms with E-state index in [0.717, 1.165) is 43.1 Å². The minimum absolute atomic E-state index is 0.196. The highest BCUT2D eigenvalue weighted by molar-refractivity contribution is 6.07. The van der Waals surface area contributed by atoms with Gasteiger partial charge in [0.15, 0.2) is 0 Å². The highest BCUT2D eigenvalue weighted by atomic mass is 16.5. The lowest BCUT2D eigenvalue weighted by molar-refractivity contribution is 0.0253. The number of hydrogen-bond acceptors (Lipinski definition) is 4. The van der Waals surface area contributed by atoms with E-state index in [1.165, 1.54) is 0 Å². The molecule has 0 radical (unpaired) electrons. The second-order valence-corrected chi connectivity index (χ2v) is 5.95. The van der Waals surface area contributed by atoms with Crippen molar-refractivity contribution in [1.29, 1.82) is 0 Å². The Kier molecular flexibility index (Phi) is 5.01. The predicted octanol–water partition coefficient (Wildman–Crippen LogP) is 3.39. The van der Waals surface area contributed by atoms with E-state index in [2.05, 4.69) is 5.32 Å². The molecule has 0 unspecified atom stereocenters. The number of ether oxygens (including phenoxy) is 2. The lowest BCUT2D eigenvalue weighted by atomic mass is 10.1. The predicted molar refractivity (Wildman–Crippen MR) is 94.5 cm³/mol. The van der Waals surface area contributed by atoms with Crippen LogP contribution in [0.5, 0.6) is 5.75 Å². The zero-order chi connectivity index (χ0) is 16.9. The van der Waals surface area contributed by atoms with Gasteiger partial charge in [-0.05, 0) is 42.8 Å². The molecule has 1 saturated heterocycles. The number of nitrogens with one attached hydrogen (secondary N) is 1. The van der Waals surface area contributed by atoms with Crippen LogP contribution >= 0.6 is 0 Å². The van der Waals surface area contributed by atoms with Crippen molar-refractivity contribution in [3.05, 3.63) is 53.6 Å². The summed E-state index contributed by atoms with van der Waals surface area (Å²) in [6.07, 6.45) is 2.01. The Labute approximate surface area is 141 Å². The number of anilines is 2. The number of aryl methyl sites for hydroxylation is 1. The lowest BCUT2D eigenvalue weighted by Crippen LogP contribution is -2.26. The normalized spacial score (nSPS) is 15.0. The molecule has 2 aromatic rings. The molecule has 1 fully saturated rings. The van der Waals surface area contributed by atoms with Gasteiger partial charge in [-0.1, -0.05) is 12.1 Å². The van der Waals surface area contributed by atoms with E-state index < -0.39 is 0 Å². The van der Waals surface area contributed by atoms with Gasteiger partial charge in [0.1, 0.15) is 11.9 Å². The zero-order valence-corrected chi connectivity index (χ0v) is 13.7. The highest BCUT2D eigenvalue weighted by Crippen LogP contribution is 2.25. The number of carbonyl (C=O) groups excluding carboxylic acids is 1. The maximum absolute atomic E-state index is 12.3. The van der Waals surface area contributed by atoms with Crippen LogP contribution < -0.4 is 15.8 Å². The molecule has 1 heterocycles. The summed E-state index contributed by atoms with van der Waals surface area (Å²) in [5.74, 6) is 0.629. The van der Waals surface area contributed by atoms with Crippen LogP contribution in [-0.2, 0) is 4.74 Å². The molecule has 126 valence electrons. The van der Waals surface area contributed by atoms with Gasteiger partial charge in [0.25, 0.3) is 5.91 Å². The first-order valence-electron chi connectivity index (χ1n) is 8.14. The van der Waals surface area contributed by atoms with Crippen molar-refractivity contribution < 1.29 is 14.3 Å². The van der Waals surface area contributed by atoms with Crippen LogP contribution in [0.15, 0.2) is 42.5 Å². The summed E-state index contributed by atoms with van der Waals surface area (Å²) in [6, 6.07) is 12.7. The molecule has 0 saturated carbocycles. The average Bonchev–Trinajstić information content (AvgIpc) is 2.58. The van der Waals surface area contributed by atoms with Crippen molar-refractivity contribution in [3.63, 3.8) is 0 Å². The minimum Gasteiger partial charge on any atom is -0.490 e. The molecule has 24 heavy (non-hydrogen) atoms. The fourth-order valence-corrected chi connectivity index (χ4v) is 2.73. The summed E-state index contributed by atoms with van der Waals surface area (Å²) in [4.78, 5) is 12.3. The van der Waals surface area contributed by atoms with E-state index in [1.807, 2.05) is 25.1 Å². The van der Waals surface area contributed by atoms with Crippen LogP contribution in [-0.4, -0.2) is 25.2 Å². The van der Waals surface area contributed by atoms with Gasteiger partial charge in [0, 0.05) is 24.2 Å². The number of para-hydroxylation sites is 1. The van der Waals surface area contributed by atoms with Gasteiger partial charge in [-0.25, -0.2) is 0 Å². The molecule has 1 aliphatic rings. The molecule has 0 bridgehead atoms. The van der Waals surface area contributed by atoms with E-state index in [-0.39, 0.29) is 12.0 Å². The third kappa shape index (κ3) is 3.86. The van der Waals surface area contributed by atoms with Crippen LogP contribution in [0.25, 0.3) is 0 Å². The first kappa shape index (κ1) is 16.3. The number of nitrogens with two attached hydrogens (primary N) is 1. The maximum atomic E-state index is 12.3. The first-order chi connectivity index (χ1) is 11.6. The number of carbonyl (C=O) groups is 1. The minimum atomic E-state index is -0.217. The van der Waals surface area contributed by atoms with Gasteiger partial charge in [-0.15, -0.1) is 0 Å². The van der Waals surface area contributed by atoms with E-state index in [9.17, 15) is 4.79 Å². The monoisotopic (exact) mass is 326 g/mol. The molecule has 5 heteroatoms. The van der Waals surface area contributed by atoms with E-state index in [1.54, 1.807) is 24.3 Å². The summed E-state index contributed by atoms with van der Waals surface area (Å²) in [5, 5.41) is 2.88. The second kappa shape index (κ2) is 7.36. The number of rotatable bonds is 4. The van der Waals surface area contributed by atoms with Crippen LogP contribution in [0.2, 0.25) is 0 Å². The molecule has 1 amide bonds. The summed E-state index contributed by atoms with van der Waals surface area (Å²) in [7, 11) is 0. The first-order valence-corrected chi connectivity index (χ1v) is 8.14. The molecule has 0 aliphatic carbocycles. The van der Waals surface area contributed by atoms with Crippen LogP contribution in [0, 0.1) is 6.92 Å². The Morgan fingerprint density at radius 1 is 1.21 bits per heavy atom. The molecule has 2 aromatic carbocycles. The molecule has 1 aliphatic heterocycles. The topological polar surface area (TPSA) is 73.6 Å². The van der Waals surface area contributed by atoms with Crippen LogP contribution in [0.1, 0.15) is 28.8 Å². The van der Waals surface area contributed by atoms with Crippen LogP contribution in [0.4, 0.5) is 11.4 Å². The maximum Gasteiger partial charge on any atom is 0.257 e. The molecule has 0 aromatic heterocycles. The third-order valence-electron chi connectivity index (χ3n) is 4.10. The van der Waals surface area contributed by atoms with E-state index >= 15 is 0 Å². The Morgan fingerprint density at radius 2 is 1.96 bits per heavy atom. The second-order valence-electron chi connectivity index (χ2n) is 5.95. The van der Waals surface area contributed by atoms with Crippen molar-refractivity contribution in [3.8, 4) is 5.75 Å². The third-order valence-corrected chi connectivity index (χ3v) is 4.10. The summed E-state index contributed by atoms with van der Waals surface area (Å²) < 4.78 is 11.4. The number of benzene rings is 2. The number of amides is 1. The van der Waals surface area contributed by atoms with Gasteiger partial charge in [-0.2, -0.15) is 0 Å². The number of hydrogen-bond donors (Lipinski definition) is 2. The van der Waals surface area contributed by atoms with Crippen molar-refractivity contribution in [2.45, 2.75) is 25.9 Å². The van der Waals surface area contributed by atoms with E-state index in [0.29, 0.717) is 11.3 Å². The molecule has 3 N–H and O–H groups in total.